The van der Waals surface area contributed by atoms with Crippen molar-refractivity contribution in [2.45, 2.75) is 44.9 Å². The van der Waals surface area contributed by atoms with Crippen molar-refractivity contribution in [2.75, 3.05) is 26.7 Å². The predicted octanol–water partition coefficient (Wildman–Crippen LogP) is 3.25. The van der Waals surface area contributed by atoms with Crippen molar-refractivity contribution in [1.29, 1.82) is 0 Å². The highest BCUT2D eigenvalue weighted by molar-refractivity contribution is 5.76. The van der Waals surface area contributed by atoms with E-state index in [0.29, 0.717) is 19.6 Å². The monoisotopic (exact) mass is 358 g/mol. The molecule has 1 amide bonds. The molecule has 0 saturated carbocycles. The molecule has 1 aliphatic heterocycles. The molecular formula is C18H25F3N2O2. The number of nitrogens with zero attached hydrogens (tertiary/aromatic N) is 2. The summed E-state index contributed by atoms with van der Waals surface area (Å²) in [4.78, 5) is 14.9. The summed E-state index contributed by atoms with van der Waals surface area (Å²) in [7, 11) is 1.46. The van der Waals surface area contributed by atoms with Crippen LogP contribution in [0.25, 0.3) is 0 Å². The lowest BCUT2D eigenvalue weighted by Gasteiger charge is -2.44. The van der Waals surface area contributed by atoms with Crippen molar-refractivity contribution in [3.8, 4) is 5.75 Å². The molecule has 2 rings (SSSR count). The first kappa shape index (κ1) is 19.6. The molecule has 25 heavy (non-hydrogen) atoms. The molecule has 7 heteroatoms. The second-order valence-electron chi connectivity index (χ2n) is 6.64. The van der Waals surface area contributed by atoms with E-state index in [1.165, 1.54) is 16.8 Å². The molecule has 2 atom stereocenters. The highest BCUT2D eigenvalue weighted by Gasteiger charge is 2.47. The van der Waals surface area contributed by atoms with Gasteiger partial charge in [-0.05, 0) is 39.4 Å². The maximum atomic E-state index is 13.1. The van der Waals surface area contributed by atoms with E-state index in [1.807, 2.05) is 31.2 Å². The van der Waals surface area contributed by atoms with Gasteiger partial charge < -0.3 is 9.64 Å². The molecule has 0 aromatic heterocycles. The molecule has 1 heterocycles. The van der Waals surface area contributed by atoms with E-state index in [4.69, 9.17) is 4.74 Å². The number of ether oxygens (including phenoxy) is 1. The number of hydrogen-bond acceptors (Lipinski definition) is 3. The van der Waals surface area contributed by atoms with E-state index >= 15 is 0 Å². The summed E-state index contributed by atoms with van der Waals surface area (Å²) in [5.41, 5.74) is 1.13. The molecule has 0 N–H and O–H groups in total. The number of alkyl halides is 3. The first-order valence-corrected chi connectivity index (χ1v) is 8.44. The molecule has 0 bridgehead atoms. The molecule has 4 nitrogen and oxygen atoms in total. The van der Waals surface area contributed by atoms with Crippen LogP contribution in [0.15, 0.2) is 24.3 Å². The van der Waals surface area contributed by atoms with Gasteiger partial charge in [-0.1, -0.05) is 17.7 Å². The third-order valence-electron chi connectivity index (χ3n) is 4.62. The minimum atomic E-state index is -4.34. The van der Waals surface area contributed by atoms with Crippen molar-refractivity contribution in [2.24, 2.45) is 0 Å². The SMILES string of the molecule is Cc1ccc(OCCCC(=O)N2CC(C)N(C)C(C(F)(F)F)C2)cc1. The minimum absolute atomic E-state index is 0.187. The fourth-order valence-corrected chi connectivity index (χ4v) is 2.91. The summed E-state index contributed by atoms with van der Waals surface area (Å²) in [6, 6.07) is 5.64. The maximum Gasteiger partial charge on any atom is 0.405 e. The lowest BCUT2D eigenvalue weighted by Crippen LogP contribution is -2.62. The van der Waals surface area contributed by atoms with Crippen molar-refractivity contribution in [1.82, 2.24) is 9.80 Å². The summed E-state index contributed by atoms with van der Waals surface area (Å²) in [6.45, 7) is 4.07. The van der Waals surface area contributed by atoms with Crippen LogP contribution < -0.4 is 4.74 Å². The van der Waals surface area contributed by atoms with E-state index in [0.717, 1.165) is 11.3 Å². The molecule has 2 unspecified atom stereocenters. The largest absolute Gasteiger partial charge is 0.494 e. The molecule has 1 saturated heterocycles. The number of amides is 1. The fraction of sp³-hybridized carbons (Fsp3) is 0.611. The standard InChI is InChI=1S/C18H25F3N2O2/c1-13-6-8-15(9-7-13)25-10-4-5-17(24)23-11-14(2)22(3)16(12-23)18(19,20)21/h6-9,14,16H,4-5,10-12H2,1-3H3. The van der Waals surface area contributed by atoms with E-state index in [9.17, 15) is 18.0 Å². The van der Waals surface area contributed by atoms with Gasteiger partial charge in [0, 0.05) is 25.6 Å². The van der Waals surface area contributed by atoms with Crippen LogP contribution in [0.1, 0.15) is 25.3 Å². The highest BCUT2D eigenvalue weighted by atomic mass is 19.4. The van der Waals surface area contributed by atoms with Gasteiger partial charge in [0.25, 0.3) is 0 Å². The molecule has 1 aliphatic rings. The molecule has 140 valence electrons. The molecular weight excluding hydrogens is 333 g/mol. The van der Waals surface area contributed by atoms with Gasteiger partial charge in [0.1, 0.15) is 11.8 Å². The molecule has 1 aromatic carbocycles. The summed E-state index contributed by atoms with van der Waals surface area (Å²) in [6.07, 6.45) is -3.67. The second kappa shape index (κ2) is 8.08. The third kappa shape index (κ3) is 5.36. The normalized spacial score (nSPS) is 22.1. The van der Waals surface area contributed by atoms with Crippen LogP contribution in [0.4, 0.5) is 13.2 Å². The lowest BCUT2D eigenvalue weighted by molar-refractivity contribution is -0.201. The molecule has 1 aromatic rings. The number of halogens is 3. The Morgan fingerprint density at radius 2 is 1.88 bits per heavy atom. The first-order valence-electron chi connectivity index (χ1n) is 8.44. The van der Waals surface area contributed by atoms with E-state index < -0.39 is 12.2 Å². The van der Waals surface area contributed by atoms with Gasteiger partial charge in [0.05, 0.1) is 6.61 Å². The van der Waals surface area contributed by atoms with Crippen LogP contribution in [0.3, 0.4) is 0 Å². The number of likely N-dealkylation sites (N-methyl/N-ethyl adjacent to an activating group) is 1. The van der Waals surface area contributed by atoms with Gasteiger partial charge in [0.15, 0.2) is 0 Å². The zero-order valence-corrected chi connectivity index (χ0v) is 14.8. The number of hydrogen-bond donors (Lipinski definition) is 0. The van der Waals surface area contributed by atoms with Crippen molar-refractivity contribution in [3.05, 3.63) is 29.8 Å². The Morgan fingerprint density at radius 3 is 2.48 bits per heavy atom. The molecule has 0 spiro atoms. The second-order valence-corrected chi connectivity index (χ2v) is 6.64. The van der Waals surface area contributed by atoms with Gasteiger partial charge in [0.2, 0.25) is 5.91 Å². The van der Waals surface area contributed by atoms with E-state index in [-0.39, 0.29) is 24.9 Å². The van der Waals surface area contributed by atoms with Crippen molar-refractivity contribution >= 4 is 5.91 Å². The van der Waals surface area contributed by atoms with Crippen LogP contribution in [-0.4, -0.2) is 60.7 Å². The summed E-state index contributed by atoms with van der Waals surface area (Å²) in [5.74, 6) is 0.477. The van der Waals surface area contributed by atoms with Gasteiger partial charge in [-0.25, -0.2) is 0 Å². The number of piperazine rings is 1. The van der Waals surface area contributed by atoms with Crippen LogP contribution in [0, 0.1) is 6.92 Å². The Kier molecular flexibility index (Phi) is 6.32. The lowest BCUT2D eigenvalue weighted by atomic mass is 10.1. The number of rotatable bonds is 5. The van der Waals surface area contributed by atoms with Crippen molar-refractivity contribution < 1.29 is 22.7 Å². The number of benzene rings is 1. The molecule has 1 fully saturated rings. The topological polar surface area (TPSA) is 32.8 Å². The van der Waals surface area contributed by atoms with Crippen LogP contribution in [0.5, 0.6) is 5.75 Å². The first-order chi connectivity index (χ1) is 11.7. The zero-order valence-electron chi connectivity index (χ0n) is 14.8. The number of carbonyl (C=O) groups excluding carboxylic acids is 1. The number of aryl methyl sites for hydroxylation is 1. The van der Waals surface area contributed by atoms with Gasteiger partial charge in [-0.2, -0.15) is 13.2 Å². The minimum Gasteiger partial charge on any atom is -0.494 e. The Balaban J connectivity index is 1.80. The van der Waals surface area contributed by atoms with Gasteiger partial charge in [-0.3, -0.25) is 9.69 Å². The van der Waals surface area contributed by atoms with Crippen molar-refractivity contribution in [3.63, 3.8) is 0 Å². The predicted molar refractivity (Wildman–Crippen MR) is 89.6 cm³/mol. The van der Waals surface area contributed by atoms with E-state index in [2.05, 4.69) is 0 Å². The summed E-state index contributed by atoms with van der Waals surface area (Å²) >= 11 is 0. The Morgan fingerprint density at radius 1 is 1.24 bits per heavy atom. The Bertz CT molecular complexity index is 575. The van der Waals surface area contributed by atoms with Crippen LogP contribution >= 0.6 is 0 Å². The zero-order chi connectivity index (χ0) is 18.6. The summed E-state index contributed by atoms with van der Waals surface area (Å²) < 4.78 is 44.9. The van der Waals surface area contributed by atoms with Gasteiger partial charge in [-0.15, -0.1) is 0 Å². The smallest absolute Gasteiger partial charge is 0.405 e. The van der Waals surface area contributed by atoms with Crippen LogP contribution in [0.2, 0.25) is 0 Å². The average molecular weight is 358 g/mol. The third-order valence-corrected chi connectivity index (χ3v) is 4.62. The number of carbonyl (C=O) groups is 1. The summed E-state index contributed by atoms with van der Waals surface area (Å²) in [5, 5.41) is 0. The van der Waals surface area contributed by atoms with Gasteiger partial charge >= 0.3 is 6.18 Å². The quantitative estimate of drug-likeness (QED) is 0.758. The Hall–Kier alpha value is -1.76. The average Bonchev–Trinajstić information content (AvgIpc) is 2.54. The molecule has 0 radical (unpaired) electrons. The molecule has 0 aliphatic carbocycles. The van der Waals surface area contributed by atoms with Crippen LogP contribution in [-0.2, 0) is 4.79 Å². The van der Waals surface area contributed by atoms with E-state index in [1.54, 1.807) is 6.92 Å². The maximum absolute atomic E-state index is 13.1. The Labute approximate surface area is 146 Å². The fourth-order valence-electron chi connectivity index (χ4n) is 2.91. The highest BCUT2D eigenvalue weighted by Crippen LogP contribution is 2.29.